The molecule has 1 aromatic heterocycles. The highest BCUT2D eigenvalue weighted by Gasteiger charge is 2.04. The van der Waals surface area contributed by atoms with Crippen molar-refractivity contribution in [2.45, 2.75) is 13.8 Å². The van der Waals surface area contributed by atoms with Crippen LogP contribution in [0.4, 0.5) is 0 Å². The number of carbonyl (C=O) groups excluding carboxylic acids is 1. The van der Waals surface area contributed by atoms with Gasteiger partial charge in [-0.15, -0.1) is 0 Å². The number of aryl methyl sites for hydroxylation is 2. The largest absolute Gasteiger partial charge is 0.298 e. The van der Waals surface area contributed by atoms with Gasteiger partial charge in [0, 0.05) is 23.0 Å². The molecule has 1 heterocycles. The summed E-state index contributed by atoms with van der Waals surface area (Å²) in [5.41, 5.74) is 4.96. The molecule has 0 saturated carbocycles. The van der Waals surface area contributed by atoms with Gasteiger partial charge in [-0.05, 0) is 31.0 Å². The molecular weight excluding hydrogens is 198 g/mol. The van der Waals surface area contributed by atoms with Gasteiger partial charge in [-0.3, -0.25) is 9.78 Å². The Morgan fingerprint density at radius 1 is 1.19 bits per heavy atom. The molecule has 0 bridgehead atoms. The number of hydrogen-bond donors (Lipinski definition) is 0. The molecule has 0 spiro atoms. The molecule has 1 aromatic carbocycles. The number of rotatable bonds is 2. The summed E-state index contributed by atoms with van der Waals surface area (Å²) in [6, 6.07) is 9.79. The molecule has 0 saturated heterocycles. The molecule has 0 radical (unpaired) electrons. The molecule has 0 unspecified atom stereocenters. The number of pyridine rings is 1. The molecule has 0 fully saturated rings. The Hall–Kier alpha value is -1.96. The van der Waals surface area contributed by atoms with Crippen LogP contribution < -0.4 is 0 Å². The lowest BCUT2D eigenvalue weighted by molar-refractivity contribution is 0.112. The number of nitrogens with zero attached hydrogens (tertiary/aromatic N) is 1. The first-order valence-corrected chi connectivity index (χ1v) is 5.20. The highest BCUT2D eigenvalue weighted by Crippen LogP contribution is 2.23. The van der Waals surface area contributed by atoms with Gasteiger partial charge in [-0.1, -0.05) is 24.3 Å². The molecule has 2 nitrogen and oxygen atoms in total. The second-order valence-corrected chi connectivity index (χ2v) is 3.83. The maximum atomic E-state index is 10.7. The molecule has 2 heteroatoms. The molecule has 80 valence electrons. The summed E-state index contributed by atoms with van der Waals surface area (Å²) in [6.45, 7) is 3.93. The normalized spacial score (nSPS) is 10.1. The minimum Gasteiger partial charge on any atom is -0.298 e. The van der Waals surface area contributed by atoms with E-state index in [1.807, 2.05) is 44.2 Å². The Kier molecular flexibility index (Phi) is 2.82. The Morgan fingerprint density at radius 2 is 2.00 bits per heavy atom. The highest BCUT2D eigenvalue weighted by molar-refractivity contribution is 5.79. The van der Waals surface area contributed by atoms with E-state index in [2.05, 4.69) is 4.98 Å². The monoisotopic (exact) mass is 211 g/mol. The van der Waals surface area contributed by atoms with Crippen LogP contribution in [0.3, 0.4) is 0 Å². The fourth-order valence-corrected chi connectivity index (χ4v) is 1.76. The van der Waals surface area contributed by atoms with Gasteiger partial charge in [0.05, 0.1) is 0 Å². The zero-order valence-electron chi connectivity index (χ0n) is 9.40. The lowest BCUT2D eigenvalue weighted by Crippen LogP contribution is -1.90. The third kappa shape index (κ3) is 1.87. The first-order chi connectivity index (χ1) is 7.72. The van der Waals surface area contributed by atoms with E-state index in [0.29, 0.717) is 0 Å². The van der Waals surface area contributed by atoms with Crippen LogP contribution in [0.2, 0.25) is 0 Å². The molecule has 2 aromatic rings. The third-order valence-electron chi connectivity index (χ3n) is 2.71. The number of carbonyl (C=O) groups is 1. The standard InChI is InChI=1S/C14H13NO/c1-10-8-12(5-6-13(10)9-16)14-4-3-7-15-11(14)2/h3-9H,1-2H3. The Morgan fingerprint density at radius 3 is 2.62 bits per heavy atom. The van der Waals surface area contributed by atoms with Crippen molar-refractivity contribution in [2.75, 3.05) is 0 Å². The van der Waals surface area contributed by atoms with Gasteiger partial charge < -0.3 is 0 Å². The molecular formula is C14H13NO. The van der Waals surface area contributed by atoms with Gasteiger partial charge in [0.1, 0.15) is 6.29 Å². The van der Waals surface area contributed by atoms with Crippen LogP contribution >= 0.6 is 0 Å². The van der Waals surface area contributed by atoms with Crippen LogP contribution in [0.15, 0.2) is 36.5 Å². The summed E-state index contributed by atoms with van der Waals surface area (Å²) < 4.78 is 0. The van der Waals surface area contributed by atoms with Crippen LogP contribution in [-0.2, 0) is 0 Å². The first kappa shape index (κ1) is 10.6. The van der Waals surface area contributed by atoms with Crippen molar-refractivity contribution in [1.29, 1.82) is 0 Å². The maximum Gasteiger partial charge on any atom is 0.150 e. The zero-order chi connectivity index (χ0) is 11.5. The SMILES string of the molecule is Cc1cc(-c2cccnc2C)ccc1C=O. The predicted octanol–water partition coefficient (Wildman–Crippen LogP) is 3.18. The Labute approximate surface area is 95.0 Å². The smallest absolute Gasteiger partial charge is 0.150 e. The fraction of sp³-hybridized carbons (Fsp3) is 0.143. The zero-order valence-corrected chi connectivity index (χ0v) is 9.40. The van der Waals surface area contributed by atoms with Crippen molar-refractivity contribution in [3.8, 4) is 11.1 Å². The highest BCUT2D eigenvalue weighted by atomic mass is 16.1. The van der Waals surface area contributed by atoms with E-state index in [1.165, 1.54) is 0 Å². The quantitative estimate of drug-likeness (QED) is 0.714. The van der Waals surface area contributed by atoms with Gasteiger partial charge in [0.25, 0.3) is 0 Å². The van der Waals surface area contributed by atoms with E-state index in [4.69, 9.17) is 0 Å². The van der Waals surface area contributed by atoms with Gasteiger partial charge in [0.2, 0.25) is 0 Å². The molecule has 0 aliphatic heterocycles. The minimum atomic E-state index is 0.741. The summed E-state index contributed by atoms with van der Waals surface area (Å²) in [5.74, 6) is 0. The Bertz CT molecular complexity index is 532. The van der Waals surface area contributed by atoms with Crippen molar-refractivity contribution in [1.82, 2.24) is 4.98 Å². The molecule has 16 heavy (non-hydrogen) atoms. The van der Waals surface area contributed by atoms with E-state index in [-0.39, 0.29) is 0 Å². The molecule has 0 N–H and O–H groups in total. The van der Waals surface area contributed by atoms with Gasteiger partial charge in [-0.25, -0.2) is 0 Å². The average molecular weight is 211 g/mol. The minimum absolute atomic E-state index is 0.741. The summed E-state index contributed by atoms with van der Waals surface area (Å²) >= 11 is 0. The molecule has 0 aliphatic rings. The summed E-state index contributed by atoms with van der Waals surface area (Å²) in [6.07, 6.45) is 2.67. The van der Waals surface area contributed by atoms with Crippen LogP contribution in [-0.4, -0.2) is 11.3 Å². The topological polar surface area (TPSA) is 30.0 Å². The van der Waals surface area contributed by atoms with Gasteiger partial charge in [-0.2, -0.15) is 0 Å². The number of aldehydes is 1. The van der Waals surface area contributed by atoms with Crippen molar-refractivity contribution in [3.05, 3.63) is 53.3 Å². The molecule has 0 aliphatic carbocycles. The second-order valence-electron chi connectivity index (χ2n) is 3.83. The lowest BCUT2D eigenvalue weighted by Gasteiger charge is -2.06. The van der Waals surface area contributed by atoms with E-state index in [9.17, 15) is 4.79 Å². The van der Waals surface area contributed by atoms with Crippen molar-refractivity contribution in [3.63, 3.8) is 0 Å². The van der Waals surface area contributed by atoms with E-state index in [0.717, 1.165) is 34.2 Å². The summed E-state index contributed by atoms with van der Waals surface area (Å²) in [4.78, 5) is 15.0. The van der Waals surface area contributed by atoms with Crippen LogP contribution in [0.1, 0.15) is 21.6 Å². The first-order valence-electron chi connectivity index (χ1n) is 5.20. The average Bonchev–Trinajstić information content (AvgIpc) is 2.29. The maximum absolute atomic E-state index is 10.7. The number of hydrogen-bond acceptors (Lipinski definition) is 2. The van der Waals surface area contributed by atoms with Crippen molar-refractivity contribution >= 4 is 6.29 Å². The number of aromatic nitrogens is 1. The van der Waals surface area contributed by atoms with Crippen LogP contribution in [0, 0.1) is 13.8 Å². The summed E-state index contributed by atoms with van der Waals surface area (Å²) in [7, 11) is 0. The number of benzene rings is 1. The van der Waals surface area contributed by atoms with E-state index < -0.39 is 0 Å². The van der Waals surface area contributed by atoms with E-state index >= 15 is 0 Å². The van der Waals surface area contributed by atoms with Crippen molar-refractivity contribution in [2.24, 2.45) is 0 Å². The second kappa shape index (κ2) is 4.27. The van der Waals surface area contributed by atoms with Crippen molar-refractivity contribution < 1.29 is 4.79 Å². The van der Waals surface area contributed by atoms with E-state index in [1.54, 1.807) is 6.20 Å². The lowest BCUT2D eigenvalue weighted by atomic mass is 10.00. The van der Waals surface area contributed by atoms with Crippen LogP contribution in [0.25, 0.3) is 11.1 Å². The molecule has 0 atom stereocenters. The summed E-state index contributed by atoms with van der Waals surface area (Å²) in [5, 5.41) is 0. The fourth-order valence-electron chi connectivity index (χ4n) is 1.76. The predicted molar refractivity (Wildman–Crippen MR) is 64.5 cm³/mol. The third-order valence-corrected chi connectivity index (χ3v) is 2.71. The molecule has 2 rings (SSSR count). The van der Waals surface area contributed by atoms with Crippen LogP contribution in [0.5, 0.6) is 0 Å². The Balaban J connectivity index is 2.54. The molecule has 0 amide bonds. The van der Waals surface area contributed by atoms with Gasteiger partial charge in [0.15, 0.2) is 0 Å². The van der Waals surface area contributed by atoms with Gasteiger partial charge >= 0.3 is 0 Å².